The minimum atomic E-state index is 0.512. The molecule has 0 radical (unpaired) electrons. The van der Waals surface area contributed by atoms with Crippen LogP contribution in [0.3, 0.4) is 0 Å². The zero-order chi connectivity index (χ0) is 19.2. The number of piperidine rings is 1. The van der Waals surface area contributed by atoms with Crippen molar-refractivity contribution in [2.75, 3.05) is 18.0 Å². The van der Waals surface area contributed by atoms with Gasteiger partial charge in [-0.15, -0.1) is 11.3 Å². The Kier molecular flexibility index (Phi) is 4.11. The smallest absolute Gasteiger partial charge is 0.141 e. The van der Waals surface area contributed by atoms with Crippen LogP contribution >= 0.6 is 11.3 Å². The normalized spacial score (nSPS) is 17.9. The molecule has 0 bridgehead atoms. The lowest BCUT2D eigenvalue weighted by Gasteiger charge is -2.32. The molecular formula is C23H23N5S. The number of hydrogen-bond acceptors (Lipinski definition) is 5. The van der Waals surface area contributed by atoms with Gasteiger partial charge in [-0.3, -0.25) is 0 Å². The molecule has 1 N–H and O–H groups in total. The third kappa shape index (κ3) is 3.12. The van der Waals surface area contributed by atoms with Gasteiger partial charge in [0.1, 0.15) is 22.3 Å². The number of benzene rings is 1. The highest BCUT2D eigenvalue weighted by Crippen LogP contribution is 2.44. The molecule has 5 nitrogen and oxygen atoms in total. The Balaban J connectivity index is 1.40. The lowest BCUT2D eigenvalue weighted by Crippen LogP contribution is -2.34. The first-order valence-corrected chi connectivity index (χ1v) is 11.3. The monoisotopic (exact) mass is 401 g/mol. The molecule has 1 aliphatic heterocycles. The van der Waals surface area contributed by atoms with Crippen LogP contribution in [0.1, 0.15) is 49.2 Å². The molecule has 2 aliphatic rings. The number of H-pyrrole nitrogens is 1. The molecule has 29 heavy (non-hydrogen) atoms. The lowest BCUT2D eigenvalue weighted by molar-refractivity contribution is 0.487. The molecule has 146 valence electrons. The number of hydrogen-bond donors (Lipinski definition) is 1. The first-order chi connectivity index (χ1) is 14.4. The van der Waals surface area contributed by atoms with Crippen molar-refractivity contribution in [1.82, 2.24) is 19.9 Å². The molecular weight excluding hydrogens is 378 g/mol. The fourth-order valence-corrected chi connectivity index (χ4v) is 5.34. The Morgan fingerprint density at radius 1 is 0.966 bits per heavy atom. The molecule has 1 saturated heterocycles. The van der Waals surface area contributed by atoms with Gasteiger partial charge in [0, 0.05) is 48.3 Å². The fraction of sp³-hybridized carbons (Fsp3) is 0.348. The summed E-state index contributed by atoms with van der Waals surface area (Å²) in [6.45, 7) is 2.01. The van der Waals surface area contributed by atoms with Crippen LogP contribution in [0, 0.1) is 0 Å². The van der Waals surface area contributed by atoms with Gasteiger partial charge in [0.2, 0.25) is 0 Å². The Morgan fingerprint density at radius 3 is 2.52 bits per heavy atom. The van der Waals surface area contributed by atoms with Gasteiger partial charge in [-0.25, -0.2) is 15.0 Å². The molecule has 4 heterocycles. The Morgan fingerprint density at radius 2 is 1.79 bits per heavy atom. The highest BCUT2D eigenvalue weighted by molar-refractivity contribution is 7.17. The van der Waals surface area contributed by atoms with Gasteiger partial charge >= 0.3 is 0 Å². The first kappa shape index (κ1) is 17.2. The Labute approximate surface area is 173 Å². The predicted octanol–water partition coefficient (Wildman–Crippen LogP) is 5.34. The number of imidazole rings is 1. The summed E-state index contributed by atoms with van der Waals surface area (Å²) >= 11 is 1.75. The molecule has 3 aromatic heterocycles. The van der Waals surface area contributed by atoms with E-state index in [-0.39, 0.29) is 0 Å². The van der Waals surface area contributed by atoms with Crippen LogP contribution < -0.4 is 4.90 Å². The highest BCUT2D eigenvalue weighted by Gasteiger charge is 2.31. The van der Waals surface area contributed by atoms with Gasteiger partial charge < -0.3 is 9.88 Å². The number of aromatic nitrogens is 4. The number of aromatic amines is 1. The lowest BCUT2D eigenvalue weighted by atomic mass is 9.95. The van der Waals surface area contributed by atoms with E-state index in [0.717, 1.165) is 48.2 Å². The number of rotatable bonds is 4. The van der Waals surface area contributed by atoms with Crippen molar-refractivity contribution in [2.45, 2.75) is 37.5 Å². The summed E-state index contributed by atoms with van der Waals surface area (Å²) in [5, 5.41) is 3.48. The molecule has 6 rings (SSSR count). The van der Waals surface area contributed by atoms with Crippen molar-refractivity contribution in [3.63, 3.8) is 0 Å². The summed E-state index contributed by atoms with van der Waals surface area (Å²) in [6, 6.07) is 10.6. The molecule has 2 fully saturated rings. The van der Waals surface area contributed by atoms with Crippen LogP contribution in [0.15, 0.2) is 48.1 Å². The van der Waals surface area contributed by atoms with Crippen molar-refractivity contribution >= 4 is 27.4 Å². The molecule has 0 unspecified atom stereocenters. The van der Waals surface area contributed by atoms with Crippen LogP contribution in [0.5, 0.6) is 0 Å². The SMILES string of the molecule is c1ccc(-c2csc3nc(C4CC4)nc(N4CCC(c5ncc[nH]5)CC4)c23)cc1. The van der Waals surface area contributed by atoms with Gasteiger partial charge in [0.15, 0.2) is 0 Å². The molecule has 0 spiro atoms. The topological polar surface area (TPSA) is 57.7 Å². The van der Waals surface area contributed by atoms with Gasteiger partial charge in [-0.05, 0) is 31.2 Å². The molecule has 1 aliphatic carbocycles. The average Bonchev–Trinajstić information content (AvgIpc) is 3.31. The Bertz CT molecular complexity index is 1120. The third-order valence-corrected chi connectivity index (χ3v) is 7.03. The molecule has 6 heteroatoms. The molecule has 0 amide bonds. The van der Waals surface area contributed by atoms with Gasteiger partial charge in [-0.1, -0.05) is 30.3 Å². The second-order valence-corrected chi connectivity index (χ2v) is 8.97. The third-order valence-electron chi connectivity index (χ3n) is 6.16. The number of thiophene rings is 1. The number of nitrogens with one attached hydrogen (secondary N) is 1. The van der Waals surface area contributed by atoms with Crippen molar-refractivity contribution in [3.8, 4) is 11.1 Å². The number of nitrogens with zero attached hydrogens (tertiary/aromatic N) is 4. The van der Waals surface area contributed by atoms with E-state index in [4.69, 9.17) is 9.97 Å². The summed E-state index contributed by atoms with van der Waals surface area (Å²) in [4.78, 5) is 21.5. The first-order valence-electron chi connectivity index (χ1n) is 10.5. The van der Waals surface area contributed by atoms with Gasteiger partial charge in [0.05, 0.1) is 5.39 Å². The summed E-state index contributed by atoms with van der Waals surface area (Å²) in [5.41, 5.74) is 2.50. The second-order valence-electron chi connectivity index (χ2n) is 8.11. The zero-order valence-corrected chi connectivity index (χ0v) is 17.0. The maximum Gasteiger partial charge on any atom is 0.141 e. The maximum atomic E-state index is 5.13. The van der Waals surface area contributed by atoms with Crippen LogP contribution in [-0.2, 0) is 0 Å². The zero-order valence-electron chi connectivity index (χ0n) is 16.2. The van der Waals surface area contributed by atoms with E-state index in [1.54, 1.807) is 11.3 Å². The summed E-state index contributed by atoms with van der Waals surface area (Å²) in [5.74, 6) is 4.37. The van der Waals surface area contributed by atoms with Crippen molar-refractivity contribution < 1.29 is 0 Å². The van der Waals surface area contributed by atoms with E-state index in [9.17, 15) is 0 Å². The minimum Gasteiger partial charge on any atom is -0.356 e. The van der Waals surface area contributed by atoms with Crippen LogP contribution in [-0.4, -0.2) is 33.0 Å². The van der Waals surface area contributed by atoms with Crippen molar-refractivity contribution in [2.24, 2.45) is 0 Å². The van der Waals surface area contributed by atoms with Crippen molar-refractivity contribution in [1.29, 1.82) is 0 Å². The fourth-order valence-electron chi connectivity index (χ4n) is 4.39. The molecule has 4 aromatic rings. The minimum absolute atomic E-state index is 0.512. The summed E-state index contributed by atoms with van der Waals surface area (Å²) in [7, 11) is 0. The molecule has 1 aromatic carbocycles. The molecule has 0 atom stereocenters. The average molecular weight is 402 g/mol. The summed E-state index contributed by atoms with van der Waals surface area (Å²) in [6.07, 6.45) is 8.43. The van der Waals surface area contributed by atoms with Crippen LogP contribution in [0.25, 0.3) is 21.3 Å². The van der Waals surface area contributed by atoms with E-state index in [1.165, 1.54) is 29.4 Å². The van der Waals surface area contributed by atoms with E-state index in [0.29, 0.717) is 11.8 Å². The van der Waals surface area contributed by atoms with Crippen LogP contribution in [0.2, 0.25) is 0 Å². The standard InChI is InChI=1S/C23H23N5S/c1-2-4-15(5-3-1)18-14-29-23-19(18)22(26-21(27-23)16-6-7-16)28-12-8-17(9-13-28)20-24-10-11-25-20/h1-5,10-11,14,16-17H,6-9,12-13H2,(H,24,25). The Hall–Kier alpha value is -2.73. The second kappa shape index (κ2) is 6.95. The number of anilines is 1. The quantitative estimate of drug-likeness (QED) is 0.501. The largest absolute Gasteiger partial charge is 0.356 e. The van der Waals surface area contributed by atoms with E-state index in [1.807, 2.05) is 12.4 Å². The van der Waals surface area contributed by atoms with Crippen molar-refractivity contribution in [3.05, 3.63) is 59.8 Å². The predicted molar refractivity (Wildman–Crippen MR) is 118 cm³/mol. The maximum absolute atomic E-state index is 5.13. The molecule has 1 saturated carbocycles. The highest BCUT2D eigenvalue weighted by atomic mass is 32.1. The number of fused-ring (bicyclic) bond motifs is 1. The van der Waals surface area contributed by atoms with E-state index >= 15 is 0 Å². The van der Waals surface area contributed by atoms with Crippen LogP contribution in [0.4, 0.5) is 5.82 Å². The van der Waals surface area contributed by atoms with E-state index in [2.05, 4.69) is 50.6 Å². The van der Waals surface area contributed by atoms with Gasteiger partial charge in [-0.2, -0.15) is 0 Å². The van der Waals surface area contributed by atoms with Gasteiger partial charge in [0.25, 0.3) is 0 Å². The summed E-state index contributed by atoms with van der Waals surface area (Å²) < 4.78 is 0. The van der Waals surface area contributed by atoms with E-state index < -0.39 is 0 Å².